The molecular weight excluding hydrogens is 802 g/mol. The van der Waals surface area contributed by atoms with E-state index in [4.69, 9.17) is 19.6 Å². The van der Waals surface area contributed by atoms with Gasteiger partial charge in [-0.15, -0.1) is 40.8 Å². The maximum Gasteiger partial charge on any atom is 2.00 e. The smallest absolute Gasteiger partial charge is 0.509 e. The van der Waals surface area contributed by atoms with Crippen LogP contribution in [0.3, 0.4) is 0 Å². The van der Waals surface area contributed by atoms with E-state index in [1.54, 1.807) is 19.5 Å². The molecule has 8 rings (SSSR count). The van der Waals surface area contributed by atoms with Gasteiger partial charge in [0, 0.05) is 41.2 Å². The van der Waals surface area contributed by atoms with Crippen molar-refractivity contribution < 1.29 is 30.5 Å². The third kappa shape index (κ3) is 5.99. The molecular formula is C42H33N5O2Pt. The van der Waals surface area contributed by atoms with Crippen LogP contribution in [-0.4, -0.2) is 31.4 Å². The topological polar surface area (TPSA) is 67.0 Å². The van der Waals surface area contributed by atoms with Gasteiger partial charge in [0.15, 0.2) is 0 Å². The van der Waals surface area contributed by atoms with Crippen molar-refractivity contribution in [3.05, 3.63) is 144 Å². The van der Waals surface area contributed by atoms with E-state index in [0.717, 1.165) is 62.0 Å². The molecule has 0 aliphatic rings. The summed E-state index contributed by atoms with van der Waals surface area (Å²) in [6.07, 6.45) is 6.36. The summed E-state index contributed by atoms with van der Waals surface area (Å²) in [5.74, 6) is 2.49. The molecule has 0 bridgehead atoms. The molecule has 0 aliphatic heterocycles. The molecule has 8 aromatic rings. The summed E-state index contributed by atoms with van der Waals surface area (Å²) in [5, 5.41) is 7.17. The summed E-state index contributed by atoms with van der Waals surface area (Å²) in [6, 6.07) is 40.0. The Morgan fingerprint density at radius 3 is 2.32 bits per heavy atom. The first kappa shape index (κ1) is 33.0. The van der Waals surface area contributed by atoms with Crippen LogP contribution in [0.4, 0.5) is 0 Å². The molecule has 0 saturated heterocycles. The molecule has 4 heterocycles. The van der Waals surface area contributed by atoms with E-state index in [1.165, 1.54) is 11.1 Å². The van der Waals surface area contributed by atoms with Crippen LogP contribution in [0.25, 0.3) is 55.7 Å². The van der Waals surface area contributed by atoms with E-state index in [9.17, 15) is 0 Å². The minimum absolute atomic E-state index is 0. The third-order valence-corrected chi connectivity index (χ3v) is 8.77. The summed E-state index contributed by atoms with van der Waals surface area (Å²) in [7, 11) is 1.65. The number of rotatable bonds is 8. The van der Waals surface area contributed by atoms with Gasteiger partial charge in [-0.1, -0.05) is 67.4 Å². The monoisotopic (exact) mass is 834 g/mol. The Hall–Kier alpha value is -5.52. The van der Waals surface area contributed by atoms with Gasteiger partial charge in [-0.3, -0.25) is 9.67 Å². The second kappa shape index (κ2) is 13.8. The van der Waals surface area contributed by atoms with Crippen LogP contribution >= 0.6 is 0 Å². The fourth-order valence-corrected chi connectivity index (χ4v) is 6.40. The van der Waals surface area contributed by atoms with E-state index < -0.39 is 0 Å². The first-order valence-electron chi connectivity index (χ1n) is 16.3. The number of fused-ring (bicyclic) bond motifs is 3. The molecule has 4 aromatic heterocycles. The molecule has 7 nitrogen and oxygen atoms in total. The number of ether oxygens (including phenoxy) is 2. The van der Waals surface area contributed by atoms with Gasteiger partial charge in [-0.25, -0.2) is 4.98 Å². The second-order valence-corrected chi connectivity index (χ2v) is 12.1. The Morgan fingerprint density at radius 2 is 1.54 bits per heavy atom. The largest absolute Gasteiger partial charge is 2.00 e. The fourth-order valence-electron chi connectivity index (χ4n) is 6.40. The summed E-state index contributed by atoms with van der Waals surface area (Å²) >= 11 is 0. The summed E-state index contributed by atoms with van der Waals surface area (Å²) < 4.78 is 16.4. The van der Waals surface area contributed by atoms with Gasteiger partial charge in [0.25, 0.3) is 0 Å². The predicted octanol–water partition coefficient (Wildman–Crippen LogP) is 9.67. The number of para-hydroxylation sites is 1. The number of aromatic nitrogens is 5. The van der Waals surface area contributed by atoms with Crippen LogP contribution in [0, 0.1) is 26.0 Å². The van der Waals surface area contributed by atoms with Gasteiger partial charge in [0.2, 0.25) is 5.88 Å². The van der Waals surface area contributed by atoms with Crippen LogP contribution in [0.15, 0.2) is 116 Å². The summed E-state index contributed by atoms with van der Waals surface area (Å²) in [6.45, 7) is 6.26. The Labute approximate surface area is 305 Å². The normalized spacial score (nSPS) is 11.1. The molecule has 0 atom stereocenters. The zero-order chi connectivity index (χ0) is 33.5. The minimum Gasteiger partial charge on any atom is -0.509 e. The van der Waals surface area contributed by atoms with Gasteiger partial charge in [0.1, 0.15) is 5.82 Å². The van der Waals surface area contributed by atoms with Crippen molar-refractivity contribution in [2.24, 2.45) is 0 Å². The zero-order valence-corrected chi connectivity index (χ0v) is 30.3. The first-order chi connectivity index (χ1) is 24.0. The van der Waals surface area contributed by atoms with Crippen molar-refractivity contribution in [1.82, 2.24) is 24.3 Å². The molecule has 0 spiro atoms. The van der Waals surface area contributed by atoms with Crippen molar-refractivity contribution >= 4 is 21.8 Å². The molecule has 0 N–H and O–H groups in total. The molecule has 0 fully saturated rings. The third-order valence-electron chi connectivity index (χ3n) is 8.77. The zero-order valence-electron chi connectivity index (χ0n) is 28.0. The molecule has 0 aliphatic carbocycles. The van der Waals surface area contributed by atoms with Crippen LogP contribution in [-0.2, 0) is 27.5 Å². The van der Waals surface area contributed by atoms with Crippen molar-refractivity contribution in [3.8, 4) is 51.3 Å². The Balaban J connectivity index is 0.00000392. The number of hydrogen-bond acceptors (Lipinski definition) is 5. The van der Waals surface area contributed by atoms with Crippen molar-refractivity contribution in [1.29, 1.82) is 0 Å². The number of nitrogens with zero attached hydrogens (tertiary/aromatic N) is 5. The SMILES string of the molecule is CCc1ccnc(-n2c3[c-]c(Oc4[c-]c(-n5nc(OC)c(-c6ccc(C)cc6)c5-c5ccncc5)cc(C)c4)ccc3c3ccccc32)c1.[Pt+2]. The Morgan fingerprint density at radius 1 is 0.740 bits per heavy atom. The number of aryl methyl sites for hydroxylation is 3. The van der Waals surface area contributed by atoms with E-state index >= 15 is 0 Å². The van der Waals surface area contributed by atoms with E-state index in [2.05, 4.69) is 102 Å². The van der Waals surface area contributed by atoms with Crippen LogP contribution in [0.5, 0.6) is 17.4 Å². The number of pyridine rings is 2. The fraction of sp³-hybridized carbons (Fsp3) is 0.119. The quantitative estimate of drug-likeness (QED) is 0.143. The van der Waals surface area contributed by atoms with Crippen LogP contribution < -0.4 is 9.47 Å². The number of hydrogen-bond donors (Lipinski definition) is 0. The van der Waals surface area contributed by atoms with Crippen molar-refractivity contribution in [2.45, 2.75) is 27.2 Å². The standard InChI is InChI=1S/C42H33N5O2.Pt/c1-5-29-16-21-44-39(24-29)46-37-9-7-6-8-35(37)36-15-14-33(26-38(36)46)49-34-23-28(3)22-32(25-34)47-41(31-17-19-43-20-18-31)40(42(45-47)48-4)30-12-10-27(2)11-13-30;/h6-24H,5H2,1-4H3;/q-2;+2. The van der Waals surface area contributed by atoms with Gasteiger partial charge in [-0.05, 0) is 65.9 Å². The summed E-state index contributed by atoms with van der Waals surface area (Å²) in [4.78, 5) is 9.01. The average Bonchev–Trinajstić information content (AvgIpc) is 3.68. The molecule has 0 saturated carbocycles. The second-order valence-electron chi connectivity index (χ2n) is 12.1. The van der Waals surface area contributed by atoms with Gasteiger partial charge >= 0.3 is 21.1 Å². The molecule has 0 unspecified atom stereocenters. The molecule has 4 aromatic carbocycles. The average molecular weight is 835 g/mol. The molecule has 248 valence electrons. The number of benzene rings is 4. The first-order valence-corrected chi connectivity index (χ1v) is 16.3. The van der Waals surface area contributed by atoms with Crippen LogP contribution in [0.2, 0.25) is 0 Å². The molecule has 8 heteroatoms. The van der Waals surface area contributed by atoms with Gasteiger partial charge < -0.3 is 14.0 Å². The summed E-state index contributed by atoms with van der Waals surface area (Å²) in [5.41, 5.74) is 9.78. The Kier molecular flexibility index (Phi) is 9.09. The molecule has 0 amide bonds. The molecule has 0 radical (unpaired) electrons. The van der Waals surface area contributed by atoms with Crippen molar-refractivity contribution in [3.63, 3.8) is 0 Å². The van der Waals surface area contributed by atoms with Gasteiger partial charge in [0.05, 0.1) is 18.4 Å². The molecule has 50 heavy (non-hydrogen) atoms. The van der Waals surface area contributed by atoms with Gasteiger partial charge in [-0.2, -0.15) is 11.6 Å². The minimum atomic E-state index is 0. The maximum atomic E-state index is 6.54. The Bertz CT molecular complexity index is 2470. The van der Waals surface area contributed by atoms with E-state index in [0.29, 0.717) is 23.1 Å². The van der Waals surface area contributed by atoms with E-state index in [-0.39, 0.29) is 21.1 Å². The maximum absolute atomic E-state index is 6.54. The number of methoxy groups -OCH3 is 1. The predicted molar refractivity (Wildman–Crippen MR) is 194 cm³/mol. The van der Waals surface area contributed by atoms with E-state index in [1.807, 2.05) is 48.1 Å². The van der Waals surface area contributed by atoms with Crippen LogP contribution in [0.1, 0.15) is 23.6 Å². The van der Waals surface area contributed by atoms with Crippen molar-refractivity contribution in [2.75, 3.05) is 7.11 Å².